The van der Waals surface area contributed by atoms with E-state index in [4.69, 9.17) is 0 Å². The van der Waals surface area contributed by atoms with Crippen molar-refractivity contribution in [3.8, 4) is 0 Å². The van der Waals surface area contributed by atoms with Crippen LogP contribution in [0.25, 0.3) is 0 Å². The molecular weight excluding hydrogens is 379 g/mol. The molecule has 0 radical (unpaired) electrons. The molecule has 1 unspecified atom stereocenters. The highest BCUT2D eigenvalue weighted by atomic mass is 32.2. The summed E-state index contributed by atoms with van der Waals surface area (Å²) < 4.78 is 38.9. The number of sulfonamides is 1. The monoisotopic (exact) mass is 406 g/mol. The van der Waals surface area contributed by atoms with Crippen LogP contribution in [0.1, 0.15) is 30.9 Å². The summed E-state index contributed by atoms with van der Waals surface area (Å²) in [6, 6.07) is 12.5. The minimum atomic E-state index is -3.63. The quantitative estimate of drug-likeness (QED) is 0.649. The molecule has 0 saturated heterocycles. The van der Waals surface area contributed by atoms with Crippen LogP contribution in [0.4, 0.5) is 10.1 Å². The van der Waals surface area contributed by atoms with Crippen molar-refractivity contribution in [2.75, 3.05) is 17.1 Å². The first-order valence-electron chi connectivity index (χ1n) is 9.30. The Labute approximate surface area is 166 Å². The summed E-state index contributed by atoms with van der Waals surface area (Å²) in [6.07, 6.45) is 2.84. The summed E-state index contributed by atoms with van der Waals surface area (Å²) in [7, 11) is -3.63. The zero-order valence-corrected chi connectivity index (χ0v) is 17.3. The second-order valence-electron chi connectivity index (χ2n) is 6.84. The second-order valence-corrected chi connectivity index (χ2v) is 8.70. The van der Waals surface area contributed by atoms with Crippen LogP contribution in [0.15, 0.2) is 48.5 Å². The van der Waals surface area contributed by atoms with E-state index in [-0.39, 0.29) is 11.7 Å². The molecule has 0 bridgehead atoms. The van der Waals surface area contributed by atoms with Gasteiger partial charge in [-0.25, -0.2) is 12.8 Å². The predicted octanol–water partition coefficient (Wildman–Crippen LogP) is 3.43. The molecule has 5 nitrogen and oxygen atoms in total. The van der Waals surface area contributed by atoms with Gasteiger partial charge in [0.1, 0.15) is 11.9 Å². The Morgan fingerprint density at radius 3 is 2.25 bits per heavy atom. The lowest BCUT2D eigenvalue weighted by Crippen LogP contribution is -2.49. The van der Waals surface area contributed by atoms with Crippen LogP contribution in [0.2, 0.25) is 0 Å². The first-order chi connectivity index (χ1) is 13.2. The number of anilines is 1. The highest BCUT2D eigenvalue weighted by Crippen LogP contribution is 2.23. The molecule has 0 fully saturated rings. The molecule has 0 aliphatic heterocycles. The number of nitrogens with zero attached hydrogens (tertiary/aromatic N) is 1. The van der Waals surface area contributed by atoms with Crippen LogP contribution >= 0.6 is 0 Å². The summed E-state index contributed by atoms with van der Waals surface area (Å²) in [6.45, 7) is 4.12. The molecule has 7 heteroatoms. The summed E-state index contributed by atoms with van der Waals surface area (Å²) in [5.74, 6) is -0.604. The smallest absolute Gasteiger partial charge is 0.243 e. The minimum Gasteiger partial charge on any atom is -0.354 e. The van der Waals surface area contributed by atoms with Gasteiger partial charge in [-0.15, -0.1) is 0 Å². The third-order valence-corrected chi connectivity index (χ3v) is 5.65. The number of carbonyl (C=O) groups is 1. The molecule has 0 saturated carbocycles. The van der Waals surface area contributed by atoms with Crippen LogP contribution in [0, 0.1) is 12.7 Å². The molecule has 0 spiro atoms. The van der Waals surface area contributed by atoms with E-state index in [1.807, 2.05) is 19.1 Å². The molecule has 0 heterocycles. The number of amides is 1. The fourth-order valence-electron chi connectivity index (χ4n) is 3.02. The summed E-state index contributed by atoms with van der Waals surface area (Å²) in [5, 5.41) is 2.83. The number of halogens is 1. The maximum Gasteiger partial charge on any atom is 0.243 e. The second kappa shape index (κ2) is 9.68. The van der Waals surface area contributed by atoms with Crippen molar-refractivity contribution >= 4 is 21.6 Å². The van der Waals surface area contributed by atoms with E-state index in [2.05, 4.69) is 5.32 Å². The number of rotatable bonds is 9. The van der Waals surface area contributed by atoms with E-state index < -0.39 is 16.1 Å². The number of hydrogen-bond acceptors (Lipinski definition) is 3. The zero-order chi connectivity index (χ0) is 20.7. The Morgan fingerprint density at radius 2 is 1.71 bits per heavy atom. The van der Waals surface area contributed by atoms with Crippen LogP contribution in [-0.4, -0.2) is 33.2 Å². The molecule has 1 N–H and O–H groups in total. The molecule has 28 heavy (non-hydrogen) atoms. The average Bonchev–Trinajstić information content (AvgIpc) is 2.64. The normalized spacial score (nSPS) is 12.4. The molecule has 0 aliphatic rings. The Hall–Kier alpha value is -2.41. The summed E-state index contributed by atoms with van der Waals surface area (Å²) >= 11 is 0. The van der Waals surface area contributed by atoms with E-state index in [1.54, 1.807) is 31.2 Å². The van der Waals surface area contributed by atoms with Crippen molar-refractivity contribution in [1.82, 2.24) is 5.32 Å². The Bertz CT molecular complexity index is 881. The van der Waals surface area contributed by atoms with Gasteiger partial charge in [0.2, 0.25) is 15.9 Å². The largest absolute Gasteiger partial charge is 0.354 e. The third-order valence-electron chi connectivity index (χ3n) is 4.47. The first kappa shape index (κ1) is 21.9. The topological polar surface area (TPSA) is 66.5 Å². The lowest BCUT2D eigenvalue weighted by Gasteiger charge is -2.30. The van der Waals surface area contributed by atoms with Crippen molar-refractivity contribution in [3.63, 3.8) is 0 Å². The minimum absolute atomic E-state index is 0.278. The molecule has 0 aromatic heterocycles. The SMILES string of the molecule is CCC(C(=O)NCCCc1ccc(F)cc1)N(c1ccc(C)cc1)S(C)(=O)=O. The van der Waals surface area contributed by atoms with Gasteiger partial charge in [0.25, 0.3) is 0 Å². The molecule has 1 amide bonds. The van der Waals surface area contributed by atoms with Crippen molar-refractivity contribution in [2.24, 2.45) is 0 Å². The maximum atomic E-state index is 12.9. The fourth-order valence-corrected chi connectivity index (χ4v) is 4.24. The number of nitrogens with one attached hydrogen (secondary N) is 1. The van der Waals surface area contributed by atoms with Crippen LogP contribution in [0.3, 0.4) is 0 Å². The summed E-state index contributed by atoms with van der Waals surface area (Å²) in [4.78, 5) is 12.7. The third kappa shape index (κ3) is 6.05. The van der Waals surface area contributed by atoms with Crippen molar-refractivity contribution in [1.29, 1.82) is 0 Å². The fraction of sp³-hybridized carbons (Fsp3) is 0.381. The zero-order valence-electron chi connectivity index (χ0n) is 16.5. The summed E-state index contributed by atoms with van der Waals surface area (Å²) in [5.41, 5.74) is 2.47. The van der Waals surface area contributed by atoms with Crippen molar-refractivity contribution in [2.45, 2.75) is 39.2 Å². The van der Waals surface area contributed by atoms with Gasteiger partial charge in [-0.05, 0) is 56.0 Å². The van der Waals surface area contributed by atoms with Gasteiger partial charge in [0.05, 0.1) is 11.9 Å². The lowest BCUT2D eigenvalue weighted by atomic mass is 10.1. The molecule has 152 valence electrons. The van der Waals surface area contributed by atoms with Gasteiger partial charge < -0.3 is 5.32 Å². The number of benzene rings is 2. The molecule has 2 rings (SSSR count). The molecular formula is C21H27FN2O3S. The molecule has 0 aliphatic carbocycles. The highest BCUT2D eigenvalue weighted by molar-refractivity contribution is 7.92. The number of aryl methyl sites for hydroxylation is 2. The van der Waals surface area contributed by atoms with E-state index in [9.17, 15) is 17.6 Å². The number of hydrogen-bond donors (Lipinski definition) is 1. The van der Waals surface area contributed by atoms with Crippen LogP contribution in [0.5, 0.6) is 0 Å². The van der Waals surface area contributed by atoms with Crippen LogP contribution in [-0.2, 0) is 21.2 Å². The first-order valence-corrected chi connectivity index (χ1v) is 11.2. The lowest BCUT2D eigenvalue weighted by molar-refractivity contribution is -0.122. The highest BCUT2D eigenvalue weighted by Gasteiger charge is 2.31. The Balaban J connectivity index is 2.02. The predicted molar refractivity (Wildman–Crippen MR) is 110 cm³/mol. The van der Waals surface area contributed by atoms with Gasteiger partial charge in [0.15, 0.2) is 0 Å². The maximum absolute atomic E-state index is 12.9. The van der Waals surface area contributed by atoms with Gasteiger partial charge in [-0.2, -0.15) is 0 Å². The molecule has 2 aromatic rings. The standard InChI is InChI=1S/C21H27FN2O3S/c1-4-20(24(28(3,26)27)19-13-7-16(2)8-14-19)21(25)23-15-5-6-17-9-11-18(22)12-10-17/h7-14,20H,4-6,15H2,1-3H3,(H,23,25). The van der Waals surface area contributed by atoms with E-state index >= 15 is 0 Å². The van der Waals surface area contributed by atoms with Gasteiger partial charge >= 0.3 is 0 Å². The number of carbonyl (C=O) groups excluding carboxylic acids is 1. The van der Waals surface area contributed by atoms with Crippen LogP contribution < -0.4 is 9.62 Å². The van der Waals surface area contributed by atoms with E-state index in [1.165, 1.54) is 16.4 Å². The Kier molecular flexibility index (Phi) is 7.57. The van der Waals surface area contributed by atoms with Crippen molar-refractivity contribution in [3.05, 3.63) is 65.5 Å². The average molecular weight is 407 g/mol. The van der Waals surface area contributed by atoms with E-state index in [0.717, 1.165) is 17.4 Å². The van der Waals surface area contributed by atoms with E-state index in [0.29, 0.717) is 31.5 Å². The van der Waals surface area contributed by atoms with Gasteiger partial charge in [0, 0.05) is 6.54 Å². The van der Waals surface area contributed by atoms with Gasteiger partial charge in [-0.3, -0.25) is 9.10 Å². The molecule has 1 atom stereocenters. The van der Waals surface area contributed by atoms with Gasteiger partial charge in [-0.1, -0.05) is 36.8 Å². The molecule has 2 aromatic carbocycles. The Morgan fingerprint density at radius 1 is 1.11 bits per heavy atom. The van der Waals surface area contributed by atoms with Crippen molar-refractivity contribution < 1.29 is 17.6 Å².